The number of carbonyl (C=O) groups excluding carboxylic acids is 1. The summed E-state index contributed by atoms with van der Waals surface area (Å²) in [6, 6.07) is 6.90. The molecule has 0 bridgehead atoms. The minimum atomic E-state index is -0.985. The van der Waals surface area contributed by atoms with E-state index >= 15 is 0 Å². The van der Waals surface area contributed by atoms with E-state index in [9.17, 15) is 9.59 Å². The fourth-order valence-corrected chi connectivity index (χ4v) is 1.95. The van der Waals surface area contributed by atoms with E-state index in [0.717, 1.165) is 11.3 Å². The van der Waals surface area contributed by atoms with Crippen molar-refractivity contribution in [1.82, 2.24) is 5.32 Å². The summed E-state index contributed by atoms with van der Waals surface area (Å²) in [5.41, 5.74) is 1.05. The molecule has 0 saturated heterocycles. The Labute approximate surface area is 125 Å². The van der Waals surface area contributed by atoms with E-state index < -0.39 is 12.0 Å². The maximum absolute atomic E-state index is 11.7. The van der Waals surface area contributed by atoms with Gasteiger partial charge in [0.15, 0.2) is 0 Å². The van der Waals surface area contributed by atoms with Gasteiger partial charge in [0, 0.05) is 6.42 Å². The van der Waals surface area contributed by atoms with Gasteiger partial charge in [-0.15, -0.1) is 0 Å². The van der Waals surface area contributed by atoms with Crippen LogP contribution in [0.5, 0.6) is 5.75 Å². The van der Waals surface area contributed by atoms with E-state index in [1.54, 1.807) is 0 Å². The Hall–Kier alpha value is -2.04. The number of ether oxygens (including phenoxy) is 1. The van der Waals surface area contributed by atoms with Crippen LogP contribution in [0, 0.1) is 6.92 Å². The van der Waals surface area contributed by atoms with Gasteiger partial charge in [0.25, 0.3) is 0 Å². The molecule has 0 aliphatic carbocycles. The number of benzene rings is 1. The van der Waals surface area contributed by atoms with Crippen LogP contribution in [0.15, 0.2) is 24.3 Å². The van der Waals surface area contributed by atoms with Gasteiger partial charge in [0.1, 0.15) is 11.8 Å². The topological polar surface area (TPSA) is 75.6 Å². The number of rotatable bonds is 9. The summed E-state index contributed by atoms with van der Waals surface area (Å²) in [7, 11) is 0. The lowest BCUT2D eigenvalue weighted by atomic mass is 10.1. The van der Waals surface area contributed by atoms with Crippen molar-refractivity contribution in [2.75, 3.05) is 6.61 Å². The monoisotopic (exact) mass is 293 g/mol. The molecule has 1 rings (SSSR count). The van der Waals surface area contributed by atoms with Crippen LogP contribution in [-0.4, -0.2) is 29.6 Å². The second kappa shape index (κ2) is 9.00. The molecule has 116 valence electrons. The molecule has 0 saturated carbocycles. The molecular formula is C16H23NO4. The van der Waals surface area contributed by atoms with Gasteiger partial charge in [-0.25, -0.2) is 4.79 Å². The maximum Gasteiger partial charge on any atom is 0.326 e. The van der Waals surface area contributed by atoms with E-state index in [-0.39, 0.29) is 12.3 Å². The van der Waals surface area contributed by atoms with Crippen LogP contribution in [-0.2, 0) is 9.59 Å². The molecule has 1 atom stereocenters. The van der Waals surface area contributed by atoms with Crippen LogP contribution in [0.2, 0.25) is 0 Å². The van der Waals surface area contributed by atoms with Gasteiger partial charge in [0.05, 0.1) is 6.61 Å². The standard InChI is InChI=1S/C16H23NO4/c1-3-7-13(16(19)20)17-15(18)10-6-11-21-14-9-5-4-8-12(14)2/h4-5,8-9,13H,3,6-7,10-11H2,1-2H3,(H,17,18)(H,19,20)/t13-/m1/s1. The average molecular weight is 293 g/mol. The summed E-state index contributed by atoms with van der Waals surface area (Å²) >= 11 is 0. The van der Waals surface area contributed by atoms with Crippen LogP contribution in [0.4, 0.5) is 0 Å². The molecule has 2 N–H and O–H groups in total. The molecule has 5 nitrogen and oxygen atoms in total. The Morgan fingerprint density at radius 1 is 1.33 bits per heavy atom. The molecule has 0 fully saturated rings. The minimum absolute atomic E-state index is 0.246. The van der Waals surface area contributed by atoms with E-state index in [1.165, 1.54) is 0 Å². The summed E-state index contributed by atoms with van der Waals surface area (Å²) in [5.74, 6) is -0.419. The molecule has 0 heterocycles. The number of amides is 1. The van der Waals surface area contributed by atoms with Crippen LogP contribution in [0.3, 0.4) is 0 Å². The number of aryl methyl sites for hydroxylation is 1. The Balaban J connectivity index is 2.27. The molecule has 1 aromatic rings. The van der Waals surface area contributed by atoms with E-state index in [0.29, 0.717) is 25.9 Å². The van der Waals surface area contributed by atoms with Crippen molar-refractivity contribution in [2.24, 2.45) is 0 Å². The summed E-state index contributed by atoms with van der Waals surface area (Å²) in [6.07, 6.45) is 1.98. The normalized spacial score (nSPS) is 11.7. The highest BCUT2D eigenvalue weighted by Gasteiger charge is 2.18. The molecule has 21 heavy (non-hydrogen) atoms. The minimum Gasteiger partial charge on any atom is -0.493 e. The second-order valence-corrected chi connectivity index (χ2v) is 4.96. The number of carboxylic acids is 1. The van der Waals surface area contributed by atoms with Crippen molar-refractivity contribution < 1.29 is 19.4 Å². The highest BCUT2D eigenvalue weighted by Crippen LogP contribution is 2.16. The fourth-order valence-electron chi connectivity index (χ4n) is 1.95. The second-order valence-electron chi connectivity index (χ2n) is 4.96. The van der Waals surface area contributed by atoms with Gasteiger partial charge in [0.2, 0.25) is 5.91 Å². The van der Waals surface area contributed by atoms with Gasteiger partial charge in [-0.3, -0.25) is 4.79 Å². The van der Waals surface area contributed by atoms with Crippen LogP contribution < -0.4 is 10.1 Å². The number of hydrogen-bond acceptors (Lipinski definition) is 3. The fraction of sp³-hybridized carbons (Fsp3) is 0.500. The molecular weight excluding hydrogens is 270 g/mol. The molecule has 0 aromatic heterocycles. The molecule has 0 aliphatic rings. The Kier molecular flexibility index (Phi) is 7.29. The third kappa shape index (κ3) is 6.29. The molecule has 0 spiro atoms. The van der Waals surface area contributed by atoms with Gasteiger partial charge in [-0.2, -0.15) is 0 Å². The molecule has 1 aromatic carbocycles. The highest BCUT2D eigenvalue weighted by molar-refractivity contribution is 5.83. The number of carbonyl (C=O) groups is 2. The smallest absolute Gasteiger partial charge is 0.326 e. The van der Waals surface area contributed by atoms with Crippen molar-refractivity contribution in [3.05, 3.63) is 29.8 Å². The van der Waals surface area contributed by atoms with Crippen molar-refractivity contribution in [3.8, 4) is 5.75 Å². The van der Waals surface area contributed by atoms with Crippen molar-refractivity contribution in [1.29, 1.82) is 0 Å². The number of para-hydroxylation sites is 1. The van der Waals surface area contributed by atoms with Gasteiger partial charge in [-0.05, 0) is 31.4 Å². The highest BCUT2D eigenvalue weighted by atomic mass is 16.5. The first kappa shape index (κ1) is 17.0. The lowest BCUT2D eigenvalue weighted by molar-refractivity contribution is -0.142. The summed E-state index contributed by atoms with van der Waals surface area (Å²) in [6.45, 7) is 4.28. The Bertz CT molecular complexity index is 473. The lowest BCUT2D eigenvalue weighted by Gasteiger charge is -2.13. The first-order valence-electron chi connectivity index (χ1n) is 7.25. The van der Waals surface area contributed by atoms with Crippen molar-refractivity contribution >= 4 is 11.9 Å². The molecule has 0 radical (unpaired) electrons. The van der Waals surface area contributed by atoms with Crippen LogP contribution in [0.25, 0.3) is 0 Å². The zero-order chi connectivity index (χ0) is 15.7. The molecule has 0 aliphatic heterocycles. The number of carboxylic acid groups (broad SMARTS) is 1. The largest absolute Gasteiger partial charge is 0.493 e. The SMILES string of the molecule is CCC[C@@H](NC(=O)CCCOc1ccccc1C)C(=O)O. The lowest BCUT2D eigenvalue weighted by Crippen LogP contribution is -2.40. The molecule has 1 amide bonds. The Morgan fingerprint density at radius 2 is 2.05 bits per heavy atom. The Morgan fingerprint density at radius 3 is 2.67 bits per heavy atom. The van der Waals surface area contributed by atoms with Crippen LogP contribution >= 0.6 is 0 Å². The molecule has 5 heteroatoms. The summed E-state index contributed by atoms with van der Waals surface area (Å²) in [4.78, 5) is 22.6. The maximum atomic E-state index is 11.7. The predicted molar refractivity (Wildman–Crippen MR) is 80.4 cm³/mol. The third-order valence-corrected chi connectivity index (χ3v) is 3.11. The molecule has 0 unspecified atom stereocenters. The van der Waals surface area contributed by atoms with Crippen molar-refractivity contribution in [3.63, 3.8) is 0 Å². The number of aliphatic carboxylic acids is 1. The van der Waals surface area contributed by atoms with Gasteiger partial charge < -0.3 is 15.2 Å². The summed E-state index contributed by atoms with van der Waals surface area (Å²) < 4.78 is 5.59. The number of hydrogen-bond donors (Lipinski definition) is 2. The van der Waals surface area contributed by atoms with E-state index in [4.69, 9.17) is 9.84 Å². The first-order valence-corrected chi connectivity index (χ1v) is 7.25. The number of nitrogens with one attached hydrogen (secondary N) is 1. The first-order chi connectivity index (χ1) is 10.0. The zero-order valence-corrected chi connectivity index (χ0v) is 12.6. The average Bonchev–Trinajstić information content (AvgIpc) is 2.44. The van der Waals surface area contributed by atoms with E-state index in [2.05, 4.69) is 5.32 Å². The third-order valence-electron chi connectivity index (χ3n) is 3.11. The van der Waals surface area contributed by atoms with Gasteiger partial charge in [-0.1, -0.05) is 31.5 Å². The summed E-state index contributed by atoms with van der Waals surface area (Å²) in [5, 5.41) is 11.5. The predicted octanol–water partition coefficient (Wildman–Crippen LogP) is 2.52. The van der Waals surface area contributed by atoms with Crippen molar-refractivity contribution in [2.45, 2.75) is 45.6 Å². The zero-order valence-electron chi connectivity index (χ0n) is 12.6. The van der Waals surface area contributed by atoms with E-state index in [1.807, 2.05) is 38.1 Å². The quantitative estimate of drug-likeness (QED) is 0.686. The van der Waals surface area contributed by atoms with Crippen LogP contribution in [0.1, 0.15) is 38.2 Å². The van der Waals surface area contributed by atoms with Gasteiger partial charge >= 0.3 is 5.97 Å².